The van der Waals surface area contributed by atoms with Gasteiger partial charge in [-0.2, -0.15) is 0 Å². The molecule has 0 fully saturated rings. The van der Waals surface area contributed by atoms with Gasteiger partial charge in [0.2, 0.25) is 10.0 Å². The SMILES string of the molecule is CC(C)CC(N)CS(=O)(=O)N(C)C. The zero-order chi connectivity index (χ0) is 10.6. The number of nitrogens with two attached hydrogens (primary N) is 1. The van der Waals surface area contributed by atoms with Crippen LogP contribution in [0.15, 0.2) is 0 Å². The lowest BCUT2D eigenvalue weighted by Crippen LogP contribution is -2.36. The molecule has 1 unspecified atom stereocenters. The summed E-state index contributed by atoms with van der Waals surface area (Å²) in [7, 11) is -0.0843. The predicted octanol–water partition coefficient (Wildman–Crippen LogP) is 0.251. The van der Waals surface area contributed by atoms with E-state index in [-0.39, 0.29) is 11.8 Å². The first-order valence-electron chi connectivity index (χ1n) is 4.41. The minimum Gasteiger partial charge on any atom is -0.327 e. The number of hydrogen-bond acceptors (Lipinski definition) is 3. The fraction of sp³-hybridized carbons (Fsp3) is 1.00. The summed E-state index contributed by atoms with van der Waals surface area (Å²) in [6, 6.07) is -0.257. The molecular formula is C8H20N2O2S. The van der Waals surface area contributed by atoms with Gasteiger partial charge in [0, 0.05) is 20.1 Å². The molecule has 0 saturated carbocycles. The van der Waals surface area contributed by atoms with Gasteiger partial charge in [-0.1, -0.05) is 13.8 Å². The Balaban J connectivity index is 4.13. The highest BCUT2D eigenvalue weighted by molar-refractivity contribution is 7.89. The summed E-state index contributed by atoms with van der Waals surface area (Å²) >= 11 is 0. The minimum atomic E-state index is -3.13. The van der Waals surface area contributed by atoms with Crippen LogP contribution in [-0.4, -0.2) is 38.6 Å². The summed E-state index contributed by atoms with van der Waals surface area (Å²) < 4.78 is 24.0. The molecule has 0 aliphatic carbocycles. The first-order chi connectivity index (χ1) is 5.75. The van der Waals surface area contributed by atoms with E-state index in [9.17, 15) is 8.42 Å². The second kappa shape index (κ2) is 4.93. The van der Waals surface area contributed by atoms with Crippen molar-refractivity contribution in [3.8, 4) is 0 Å². The Morgan fingerprint density at radius 1 is 1.31 bits per heavy atom. The number of nitrogens with zero attached hydrogens (tertiary/aromatic N) is 1. The Bertz CT molecular complexity index is 235. The maximum Gasteiger partial charge on any atom is 0.215 e. The van der Waals surface area contributed by atoms with Crippen LogP contribution in [0, 0.1) is 5.92 Å². The Kier molecular flexibility index (Phi) is 4.88. The Morgan fingerprint density at radius 3 is 2.08 bits per heavy atom. The maximum absolute atomic E-state index is 11.4. The molecule has 2 N–H and O–H groups in total. The Morgan fingerprint density at radius 2 is 1.77 bits per heavy atom. The molecule has 0 aliphatic heterocycles. The molecule has 5 heteroatoms. The second-order valence-electron chi connectivity index (χ2n) is 3.95. The van der Waals surface area contributed by atoms with Crippen LogP contribution in [0.1, 0.15) is 20.3 Å². The van der Waals surface area contributed by atoms with Crippen molar-refractivity contribution >= 4 is 10.0 Å². The highest BCUT2D eigenvalue weighted by atomic mass is 32.2. The molecule has 0 heterocycles. The van der Waals surface area contributed by atoms with Crippen molar-refractivity contribution in [1.29, 1.82) is 0 Å². The van der Waals surface area contributed by atoms with Crippen LogP contribution in [-0.2, 0) is 10.0 Å². The molecule has 80 valence electrons. The van der Waals surface area contributed by atoms with Gasteiger partial charge in [0.1, 0.15) is 0 Å². The summed E-state index contributed by atoms with van der Waals surface area (Å²) in [5, 5.41) is 0. The molecule has 0 saturated heterocycles. The first kappa shape index (κ1) is 12.9. The fourth-order valence-electron chi connectivity index (χ4n) is 1.09. The third-order valence-corrected chi connectivity index (χ3v) is 3.72. The standard InChI is InChI=1S/C8H20N2O2S/c1-7(2)5-8(9)6-13(11,12)10(3)4/h7-8H,5-6,9H2,1-4H3. The summed E-state index contributed by atoms with van der Waals surface area (Å²) in [5.41, 5.74) is 5.69. The highest BCUT2D eigenvalue weighted by Crippen LogP contribution is 2.06. The van der Waals surface area contributed by atoms with E-state index in [0.717, 1.165) is 6.42 Å². The van der Waals surface area contributed by atoms with E-state index < -0.39 is 10.0 Å². The fourth-order valence-corrected chi connectivity index (χ4v) is 2.07. The van der Waals surface area contributed by atoms with E-state index in [0.29, 0.717) is 5.92 Å². The molecule has 0 radical (unpaired) electrons. The van der Waals surface area contributed by atoms with Crippen molar-refractivity contribution in [2.24, 2.45) is 11.7 Å². The third-order valence-electron chi connectivity index (χ3n) is 1.76. The van der Waals surface area contributed by atoms with Crippen LogP contribution >= 0.6 is 0 Å². The van der Waals surface area contributed by atoms with Crippen molar-refractivity contribution in [1.82, 2.24) is 4.31 Å². The Hall–Kier alpha value is -0.130. The molecule has 0 spiro atoms. The van der Waals surface area contributed by atoms with Gasteiger partial charge in [0.25, 0.3) is 0 Å². The summed E-state index contributed by atoms with van der Waals surface area (Å²) in [6.45, 7) is 4.06. The molecule has 0 bridgehead atoms. The molecule has 0 amide bonds. The molecule has 1 atom stereocenters. The lowest BCUT2D eigenvalue weighted by atomic mass is 10.1. The predicted molar refractivity (Wildman–Crippen MR) is 54.9 cm³/mol. The van der Waals surface area contributed by atoms with E-state index in [1.54, 1.807) is 0 Å². The summed E-state index contributed by atoms with van der Waals surface area (Å²) in [4.78, 5) is 0. The van der Waals surface area contributed by atoms with Crippen molar-refractivity contribution in [3.63, 3.8) is 0 Å². The highest BCUT2D eigenvalue weighted by Gasteiger charge is 2.18. The van der Waals surface area contributed by atoms with Gasteiger partial charge >= 0.3 is 0 Å². The van der Waals surface area contributed by atoms with Gasteiger partial charge in [0.05, 0.1) is 5.75 Å². The van der Waals surface area contributed by atoms with Gasteiger partial charge in [0.15, 0.2) is 0 Å². The number of rotatable bonds is 5. The molecular weight excluding hydrogens is 188 g/mol. The van der Waals surface area contributed by atoms with Crippen LogP contribution in [0.2, 0.25) is 0 Å². The molecule has 13 heavy (non-hydrogen) atoms. The number of sulfonamides is 1. The lowest BCUT2D eigenvalue weighted by Gasteiger charge is -2.17. The van der Waals surface area contributed by atoms with Gasteiger partial charge in [-0.15, -0.1) is 0 Å². The van der Waals surface area contributed by atoms with Gasteiger partial charge in [-0.05, 0) is 12.3 Å². The molecule has 4 nitrogen and oxygen atoms in total. The normalized spacial score (nSPS) is 15.3. The van der Waals surface area contributed by atoms with Crippen molar-refractivity contribution in [2.45, 2.75) is 26.3 Å². The molecule has 0 aliphatic rings. The van der Waals surface area contributed by atoms with E-state index in [1.807, 2.05) is 13.8 Å². The zero-order valence-electron chi connectivity index (χ0n) is 8.82. The van der Waals surface area contributed by atoms with Crippen LogP contribution in [0.25, 0.3) is 0 Å². The van der Waals surface area contributed by atoms with E-state index in [4.69, 9.17) is 5.73 Å². The monoisotopic (exact) mass is 208 g/mol. The van der Waals surface area contributed by atoms with Crippen molar-refractivity contribution in [3.05, 3.63) is 0 Å². The Labute approximate surface area is 81.2 Å². The van der Waals surface area contributed by atoms with Crippen molar-refractivity contribution in [2.75, 3.05) is 19.8 Å². The molecule has 0 aromatic heterocycles. The van der Waals surface area contributed by atoms with E-state index in [1.165, 1.54) is 18.4 Å². The van der Waals surface area contributed by atoms with Crippen LogP contribution < -0.4 is 5.73 Å². The molecule has 0 aromatic rings. The lowest BCUT2D eigenvalue weighted by molar-refractivity contribution is 0.487. The average molecular weight is 208 g/mol. The van der Waals surface area contributed by atoms with Gasteiger partial charge in [-0.3, -0.25) is 0 Å². The van der Waals surface area contributed by atoms with Gasteiger partial charge < -0.3 is 5.73 Å². The van der Waals surface area contributed by atoms with Crippen LogP contribution in [0.3, 0.4) is 0 Å². The topological polar surface area (TPSA) is 63.4 Å². The largest absolute Gasteiger partial charge is 0.327 e. The first-order valence-corrected chi connectivity index (χ1v) is 6.02. The quantitative estimate of drug-likeness (QED) is 0.704. The molecule has 0 rings (SSSR count). The van der Waals surface area contributed by atoms with E-state index in [2.05, 4.69) is 0 Å². The number of hydrogen-bond donors (Lipinski definition) is 1. The smallest absolute Gasteiger partial charge is 0.215 e. The van der Waals surface area contributed by atoms with Crippen LogP contribution in [0.4, 0.5) is 0 Å². The maximum atomic E-state index is 11.4. The average Bonchev–Trinajstić information content (AvgIpc) is 1.82. The minimum absolute atomic E-state index is 0.0399. The summed E-state index contributed by atoms with van der Waals surface area (Å²) in [5.74, 6) is 0.477. The van der Waals surface area contributed by atoms with Crippen molar-refractivity contribution < 1.29 is 8.42 Å². The van der Waals surface area contributed by atoms with Crippen LogP contribution in [0.5, 0.6) is 0 Å². The van der Waals surface area contributed by atoms with E-state index >= 15 is 0 Å². The third kappa shape index (κ3) is 5.23. The zero-order valence-corrected chi connectivity index (χ0v) is 9.63. The molecule has 0 aromatic carbocycles. The van der Waals surface area contributed by atoms with Gasteiger partial charge in [-0.25, -0.2) is 12.7 Å². The summed E-state index contributed by atoms with van der Waals surface area (Å²) in [6.07, 6.45) is 0.743. The second-order valence-corrected chi connectivity index (χ2v) is 6.18.